The summed E-state index contributed by atoms with van der Waals surface area (Å²) in [5.74, 6) is 1.22. The van der Waals surface area contributed by atoms with E-state index in [0.29, 0.717) is 18.1 Å². The maximum atomic E-state index is 12.2. The van der Waals surface area contributed by atoms with Gasteiger partial charge < -0.3 is 0 Å². The van der Waals surface area contributed by atoms with Crippen LogP contribution in [-0.2, 0) is 14.6 Å². The maximum Gasteiger partial charge on any atom is 0.155 e. The number of rotatable bonds is 5. The van der Waals surface area contributed by atoms with E-state index in [2.05, 4.69) is 19.9 Å². The summed E-state index contributed by atoms with van der Waals surface area (Å²) in [5.41, 5.74) is 1.43. The SMILES string of the molecule is CC(CCCS(=O)(=O)C(C)(C)C)C1=CCC2C(=O)CCCC12C. The van der Waals surface area contributed by atoms with Gasteiger partial charge in [-0.25, -0.2) is 8.42 Å². The zero-order valence-electron chi connectivity index (χ0n) is 15.3. The normalized spacial score (nSPS) is 30.0. The van der Waals surface area contributed by atoms with Crippen LogP contribution in [0.1, 0.15) is 73.1 Å². The van der Waals surface area contributed by atoms with Gasteiger partial charge in [0.1, 0.15) is 5.78 Å². The summed E-state index contributed by atoms with van der Waals surface area (Å²) in [4.78, 5) is 12.2. The van der Waals surface area contributed by atoms with Crippen LogP contribution in [0.15, 0.2) is 11.6 Å². The van der Waals surface area contributed by atoms with Gasteiger partial charge in [0.05, 0.1) is 10.5 Å². The largest absolute Gasteiger partial charge is 0.299 e. The monoisotopic (exact) mass is 340 g/mol. The third-order valence-corrected chi connectivity index (χ3v) is 8.72. The lowest BCUT2D eigenvalue weighted by atomic mass is 9.63. The number of hydrogen-bond donors (Lipinski definition) is 0. The lowest BCUT2D eigenvalue weighted by Crippen LogP contribution is -2.36. The zero-order valence-corrected chi connectivity index (χ0v) is 16.1. The number of hydrogen-bond acceptors (Lipinski definition) is 3. The van der Waals surface area contributed by atoms with E-state index in [1.165, 1.54) is 5.57 Å². The van der Waals surface area contributed by atoms with Crippen LogP contribution in [-0.4, -0.2) is 24.7 Å². The summed E-state index contributed by atoms with van der Waals surface area (Å²) >= 11 is 0. The summed E-state index contributed by atoms with van der Waals surface area (Å²) in [6, 6.07) is 0. The topological polar surface area (TPSA) is 51.2 Å². The van der Waals surface area contributed by atoms with Crippen molar-refractivity contribution < 1.29 is 13.2 Å². The van der Waals surface area contributed by atoms with Crippen molar-refractivity contribution in [3.05, 3.63) is 11.6 Å². The van der Waals surface area contributed by atoms with Crippen molar-refractivity contribution in [2.24, 2.45) is 17.3 Å². The van der Waals surface area contributed by atoms with Gasteiger partial charge in [-0.05, 0) is 64.2 Å². The molecule has 0 heterocycles. The summed E-state index contributed by atoms with van der Waals surface area (Å²) in [5, 5.41) is 0. The molecule has 0 radical (unpaired) electrons. The van der Waals surface area contributed by atoms with E-state index in [-0.39, 0.29) is 17.1 Å². The lowest BCUT2D eigenvalue weighted by molar-refractivity contribution is -0.128. The Morgan fingerprint density at radius 1 is 1.35 bits per heavy atom. The molecule has 2 aliphatic carbocycles. The molecular weight excluding hydrogens is 308 g/mol. The Balaban J connectivity index is 1.97. The second-order valence-electron chi connectivity index (χ2n) is 8.66. The van der Waals surface area contributed by atoms with Crippen molar-refractivity contribution in [1.82, 2.24) is 0 Å². The molecule has 3 unspecified atom stereocenters. The minimum absolute atomic E-state index is 0.0254. The van der Waals surface area contributed by atoms with Gasteiger partial charge in [-0.3, -0.25) is 4.79 Å². The van der Waals surface area contributed by atoms with Crippen LogP contribution in [0, 0.1) is 17.3 Å². The molecule has 0 spiro atoms. The molecule has 3 nitrogen and oxygen atoms in total. The first-order chi connectivity index (χ1) is 10.5. The van der Waals surface area contributed by atoms with E-state index in [1.807, 2.05) is 0 Å². The Labute approximate surface area is 141 Å². The third-order valence-electron chi connectivity index (χ3n) is 6.02. The number of fused-ring (bicyclic) bond motifs is 1. The van der Waals surface area contributed by atoms with E-state index in [1.54, 1.807) is 20.8 Å². The highest BCUT2D eigenvalue weighted by atomic mass is 32.2. The predicted octanol–water partition coefficient (Wildman–Crippen LogP) is 4.32. The Kier molecular flexibility index (Phi) is 5.16. The molecular formula is C19H32O3S. The van der Waals surface area contributed by atoms with Gasteiger partial charge in [0.2, 0.25) is 0 Å². The predicted molar refractivity (Wildman–Crippen MR) is 95.1 cm³/mol. The average Bonchev–Trinajstić information content (AvgIpc) is 2.75. The zero-order chi connectivity index (χ0) is 17.5. The number of sulfone groups is 1. The molecule has 1 saturated carbocycles. The standard InChI is InChI=1S/C19H32O3S/c1-14(8-7-13-23(21,22)18(2,3)4)15-10-11-16-17(20)9-6-12-19(15,16)5/h10,14,16H,6-9,11-13H2,1-5H3. The fourth-order valence-corrected chi connectivity index (χ4v) is 5.51. The van der Waals surface area contributed by atoms with E-state index < -0.39 is 14.6 Å². The van der Waals surface area contributed by atoms with Crippen molar-refractivity contribution in [1.29, 1.82) is 0 Å². The second-order valence-corrected chi connectivity index (χ2v) is 11.5. The molecule has 1 fully saturated rings. The van der Waals surface area contributed by atoms with Gasteiger partial charge in [0.25, 0.3) is 0 Å². The summed E-state index contributed by atoms with van der Waals surface area (Å²) in [6.07, 6.45) is 7.57. The van der Waals surface area contributed by atoms with Crippen LogP contribution in [0.5, 0.6) is 0 Å². The van der Waals surface area contributed by atoms with Crippen LogP contribution in [0.3, 0.4) is 0 Å². The molecule has 132 valence electrons. The van der Waals surface area contributed by atoms with Crippen molar-refractivity contribution in [2.75, 3.05) is 5.75 Å². The number of carbonyl (C=O) groups excluding carboxylic acids is 1. The first kappa shape index (κ1) is 18.7. The smallest absolute Gasteiger partial charge is 0.155 e. The first-order valence-corrected chi connectivity index (χ1v) is 10.6. The number of ketones is 1. The van der Waals surface area contributed by atoms with E-state index >= 15 is 0 Å². The van der Waals surface area contributed by atoms with Gasteiger partial charge in [-0.15, -0.1) is 0 Å². The van der Waals surface area contributed by atoms with Crippen LogP contribution < -0.4 is 0 Å². The molecule has 2 aliphatic rings. The minimum Gasteiger partial charge on any atom is -0.299 e. The second kappa shape index (κ2) is 6.34. The van der Waals surface area contributed by atoms with E-state index in [9.17, 15) is 13.2 Å². The van der Waals surface area contributed by atoms with Gasteiger partial charge in [-0.1, -0.05) is 25.5 Å². The van der Waals surface area contributed by atoms with Gasteiger partial charge in [0.15, 0.2) is 9.84 Å². The van der Waals surface area contributed by atoms with Crippen LogP contribution >= 0.6 is 0 Å². The van der Waals surface area contributed by atoms with Crippen LogP contribution in [0.4, 0.5) is 0 Å². The number of allylic oxidation sites excluding steroid dienone is 2. The highest BCUT2D eigenvalue weighted by molar-refractivity contribution is 7.92. The molecule has 0 N–H and O–H groups in total. The summed E-state index contributed by atoms with van der Waals surface area (Å²) < 4.78 is 23.8. The van der Waals surface area contributed by atoms with Gasteiger partial charge in [0, 0.05) is 12.3 Å². The van der Waals surface area contributed by atoms with Crippen molar-refractivity contribution in [3.63, 3.8) is 0 Å². The molecule has 23 heavy (non-hydrogen) atoms. The van der Waals surface area contributed by atoms with E-state index in [0.717, 1.165) is 32.1 Å². The molecule has 0 aromatic heterocycles. The van der Waals surface area contributed by atoms with E-state index in [4.69, 9.17) is 0 Å². The van der Waals surface area contributed by atoms with Crippen LogP contribution in [0.2, 0.25) is 0 Å². The molecule has 0 bridgehead atoms. The first-order valence-electron chi connectivity index (χ1n) is 8.94. The Bertz CT molecular complexity index is 595. The molecule has 0 saturated heterocycles. The molecule has 0 aromatic carbocycles. The molecule has 0 aliphatic heterocycles. The fraction of sp³-hybridized carbons (Fsp3) is 0.842. The minimum atomic E-state index is -3.04. The molecule has 2 rings (SSSR count). The summed E-state index contributed by atoms with van der Waals surface area (Å²) in [6.45, 7) is 9.75. The third kappa shape index (κ3) is 3.57. The summed E-state index contributed by atoms with van der Waals surface area (Å²) in [7, 11) is -3.04. The Hall–Kier alpha value is -0.640. The number of Topliss-reactive ketones (excluding diaryl/α,β-unsaturated/α-hetero) is 1. The molecule has 4 heteroatoms. The average molecular weight is 341 g/mol. The molecule has 0 amide bonds. The van der Waals surface area contributed by atoms with Crippen molar-refractivity contribution in [2.45, 2.75) is 77.9 Å². The fourth-order valence-electron chi connectivity index (χ4n) is 4.35. The highest BCUT2D eigenvalue weighted by Gasteiger charge is 2.47. The van der Waals surface area contributed by atoms with Gasteiger partial charge in [-0.2, -0.15) is 0 Å². The lowest BCUT2D eigenvalue weighted by Gasteiger charge is -2.40. The van der Waals surface area contributed by atoms with Crippen molar-refractivity contribution in [3.8, 4) is 0 Å². The van der Waals surface area contributed by atoms with Crippen molar-refractivity contribution >= 4 is 15.6 Å². The number of carbonyl (C=O) groups is 1. The highest BCUT2D eigenvalue weighted by Crippen LogP contribution is 2.53. The maximum absolute atomic E-state index is 12.2. The Morgan fingerprint density at radius 2 is 2.00 bits per heavy atom. The quantitative estimate of drug-likeness (QED) is 0.700. The van der Waals surface area contributed by atoms with Gasteiger partial charge >= 0.3 is 0 Å². The molecule has 0 aromatic rings. The Morgan fingerprint density at radius 3 is 2.61 bits per heavy atom. The van der Waals surface area contributed by atoms with Crippen LogP contribution in [0.25, 0.3) is 0 Å². The molecule has 3 atom stereocenters.